The van der Waals surface area contributed by atoms with Crippen molar-refractivity contribution in [2.45, 2.75) is 57.7 Å². The molecule has 2 amide bonds. The monoisotopic (exact) mass is 342 g/mol. The van der Waals surface area contributed by atoms with Gasteiger partial charge in [-0.1, -0.05) is 25.1 Å². The Morgan fingerprint density at radius 2 is 1.92 bits per heavy atom. The van der Waals surface area contributed by atoms with Crippen molar-refractivity contribution in [3.63, 3.8) is 0 Å². The van der Waals surface area contributed by atoms with Gasteiger partial charge in [0.05, 0.1) is 6.04 Å². The number of piperidine rings is 1. The summed E-state index contributed by atoms with van der Waals surface area (Å²) in [6, 6.07) is 10.1. The van der Waals surface area contributed by atoms with Gasteiger partial charge in [-0.2, -0.15) is 0 Å². The van der Waals surface area contributed by atoms with Crippen molar-refractivity contribution in [3.8, 4) is 5.75 Å². The lowest BCUT2D eigenvalue weighted by Gasteiger charge is -2.49. The molecule has 134 valence electrons. The summed E-state index contributed by atoms with van der Waals surface area (Å²) in [5.41, 5.74) is 0.0231. The van der Waals surface area contributed by atoms with Crippen LogP contribution in [-0.4, -0.2) is 52.9 Å². The van der Waals surface area contributed by atoms with E-state index in [0.717, 1.165) is 31.4 Å². The highest BCUT2D eigenvalue weighted by atomic mass is 16.5. The molecule has 0 spiro atoms. The number of carbonyl (C=O) groups excluding carboxylic acids is 2. The minimum Gasteiger partial charge on any atom is -0.484 e. The van der Waals surface area contributed by atoms with Gasteiger partial charge in [-0.05, 0) is 37.8 Å². The van der Waals surface area contributed by atoms with Crippen molar-refractivity contribution in [1.82, 2.24) is 9.80 Å². The predicted octanol–water partition coefficient (Wildman–Crippen LogP) is 2.46. The van der Waals surface area contributed by atoms with Crippen molar-refractivity contribution in [2.75, 3.05) is 13.2 Å². The minimum atomic E-state index is 0.0231. The number of carbonyl (C=O) groups is 2. The molecule has 0 aromatic heterocycles. The van der Waals surface area contributed by atoms with Crippen LogP contribution < -0.4 is 4.74 Å². The molecule has 4 rings (SSSR count). The highest BCUT2D eigenvalue weighted by Gasteiger charge is 2.61. The van der Waals surface area contributed by atoms with Gasteiger partial charge < -0.3 is 14.5 Å². The number of amides is 2. The van der Waals surface area contributed by atoms with Crippen LogP contribution in [0, 0.1) is 5.41 Å². The molecular formula is C20H26N2O3. The van der Waals surface area contributed by atoms with Gasteiger partial charge in [0, 0.05) is 31.0 Å². The largest absolute Gasteiger partial charge is 0.484 e. The van der Waals surface area contributed by atoms with Crippen LogP contribution in [0.1, 0.15) is 39.5 Å². The second kappa shape index (κ2) is 6.04. The number of benzene rings is 1. The highest BCUT2D eigenvalue weighted by Crippen LogP contribution is 2.54. The first-order valence-corrected chi connectivity index (χ1v) is 9.27. The number of hydrogen-bond acceptors (Lipinski definition) is 3. The number of rotatable bonds is 3. The van der Waals surface area contributed by atoms with Crippen LogP contribution in [0.3, 0.4) is 0 Å². The molecule has 1 aromatic rings. The maximum absolute atomic E-state index is 13.0. The lowest BCUT2D eigenvalue weighted by atomic mass is 9.66. The molecule has 1 aromatic carbocycles. The average Bonchev–Trinajstić information content (AvgIpc) is 2.90. The molecule has 2 heterocycles. The minimum absolute atomic E-state index is 0.0231. The Kier molecular flexibility index (Phi) is 3.97. The van der Waals surface area contributed by atoms with Crippen LogP contribution in [0.4, 0.5) is 0 Å². The summed E-state index contributed by atoms with van der Waals surface area (Å²) in [7, 11) is 0. The molecule has 3 fully saturated rings. The Morgan fingerprint density at radius 3 is 2.64 bits per heavy atom. The molecule has 0 N–H and O–H groups in total. The molecule has 2 saturated heterocycles. The molecule has 5 heteroatoms. The fourth-order valence-electron chi connectivity index (χ4n) is 5.46. The average molecular weight is 342 g/mol. The predicted molar refractivity (Wildman–Crippen MR) is 94.1 cm³/mol. The first-order valence-electron chi connectivity index (χ1n) is 9.27. The number of para-hydroxylation sites is 1. The van der Waals surface area contributed by atoms with Crippen LogP contribution in [-0.2, 0) is 9.59 Å². The zero-order chi connectivity index (χ0) is 17.6. The van der Waals surface area contributed by atoms with E-state index in [9.17, 15) is 9.59 Å². The van der Waals surface area contributed by atoms with Crippen LogP contribution >= 0.6 is 0 Å². The number of ether oxygens (including phenoxy) is 1. The van der Waals surface area contributed by atoms with Crippen molar-refractivity contribution >= 4 is 11.8 Å². The normalized spacial score (nSPS) is 33.3. The van der Waals surface area contributed by atoms with E-state index in [1.807, 2.05) is 35.2 Å². The Balaban J connectivity index is 1.54. The fraction of sp³-hybridized carbons (Fsp3) is 0.600. The van der Waals surface area contributed by atoms with Gasteiger partial charge >= 0.3 is 0 Å². The van der Waals surface area contributed by atoms with Crippen molar-refractivity contribution < 1.29 is 14.3 Å². The van der Waals surface area contributed by atoms with E-state index in [0.29, 0.717) is 6.54 Å². The van der Waals surface area contributed by atoms with Gasteiger partial charge in [0.25, 0.3) is 5.91 Å². The van der Waals surface area contributed by atoms with Gasteiger partial charge in [0.2, 0.25) is 5.91 Å². The van der Waals surface area contributed by atoms with Gasteiger partial charge in [-0.15, -0.1) is 0 Å². The zero-order valence-corrected chi connectivity index (χ0v) is 15.0. The molecule has 5 nitrogen and oxygen atoms in total. The number of fused-ring (bicyclic) bond motifs is 1. The molecular weight excluding hydrogens is 316 g/mol. The van der Waals surface area contributed by atoms with Crippen LogP contribution in [0.25, 0.3) is 0 Å². The summed E-state index contributed by atoms with van der Waals surface area (Å²) in [6.45, 7) is 4.67. The van der Waals surface area contributed by atoms with E-state index < -0.39 is 0 Å². The Morgan fingerprint density at radius 1 is 1.20 bits per heavy atom. The van der Waals surface area contributed by atoms with E-state index in [-0.39, 0.29) is 42.0 Å². The number of hydrogen-bond donors (Lipinski definition) is 0. The number of nitrogens with zero attached hydrogens (tertiary/aromatic N) is 2. The summed E-state index contributed by atoms with van der Waals surface area (Å²) < 4.78 is 5.70. The summed E-state index contributed by atoms with van der Waals surface area (Å²) in [5.74, 6) is 0.904. The maximum atomic E-state index is 13.0. The topological polar surface area (TPSA) is 49.9 Å². The van der Waals surface area contributed by atoms with E-state index in [1.54, 1.807) is 6.92 Å². The van der Waals surface area contributed by atoms with E-state index in [1.165, 1.54) is 0 Å². The third-order valence-electron chi connectivity index (χ3n) is 6.46. The second-order valence-electron chi connectivity index (χ2n) is 7.90. The van der Waals surface area contributed by atoms with Crippen molar-refractivity contribution in [2.24, 2.45) is 5.41 Å². The molecule has 0 radical (unpaired) electrons. The Bertz CT molecular complexity index is 677. The van der Waals surface area contributed by atoms with Crippen LogP contribution in [0.5, 0.6) is 5.75 Å². The van der Waals surface area contributed by atoms with Gasteiger partial charge in [0.15, 0.2) is 6.61 Å². The highest BCUT2D eigenvalue weighted by molar-refractivity contribution is 5.80. The number of likely N-dealkylation sites (tertiary alicyclic amines) is 2. The SMILES string of the molecule is CC(=O)N1C[C@@H]2C[C@@]3(C)[C@H](CCC[C@@H]13)N2C(=O)COc1ccccc1. The third kappa shape index (κ3) is 2.60. The van der Waals surface area contributed by atoms with Gasteiger partial charge in [-0.3, -0.25) is 9.59 Å². The zero-order valence-electron chi connectivity index (χ0n) is 15.0. The molecule has 4 atom stereocenters. The van der Waals surface area contributed by atoms with Gasteiger partial charge in [-0.25, -0.2) is 0 Å². The second-order valence-corrected chi connectivity index (χ2v) is 7.90. The molecule has 1 aliphatic carbocycles. The summed E-state index contributed by atoms with van der Waals surface area (Å²) in [5, 5.41) is 0. The Hall–Kier alpha value is -2.04. The maximum Gasteiger partial charge on any atom is 0.261 e. The molecule has 2 aliphatic heterocycles. The van der Waals surface area contributed by atoms with E-state index in [4.69, 9.17) is 4.74 Å². The van der Waals surface area contributed by atoms with Crippen LogP contribution in [0.2, 0.25) is 0 Å². The molecule has 0 unspecified atom stereocenters. The summed E-state index contributed by atoms with van der Waals surface area (Å²) >= 11 is 0. The fourth-order valence-corrected chi connectivity index (χ4v) is 5.46. The molecule has 3 aliphatic rings. The van der Waals surface area contributed by atoms with Crippen LogP contribution in [0.15, 0.2) is 30.3 Å². The first-order chi connectivity index (χ1) is 12.0. The summed E-state index contributed by atoms with van der Waals surface area (Å²) in [6.07, 6.45) is 4.17. The lowest BCUT2D eigenvalue weighted by Crippen LogP contribution is -2.57. The van der Waals surface area contributed by atoms with Crippen molar-refractivity contribution in [3.05, 3.63) is 30.3 Å². The third-order valence-corrected chi connectivity index (χ3v) is 6.46. The van der Waals surface area contributed by atoms with Crippen molar-refractivity contribution in [1.29, 1.82) is 0 Å². The van der Waals surface area contributed by atoms with E-state index in [2.05, 4.69) is 11.8 Å². The first kappa shape index (κ1) is 16.4. The lowest BCUT2D eigenvalue weighted by molar-refractivity contribution is -0.138. The molecule has 2 bridgehead atoms. The smallest absolute Gasteiger partial charge is 0.261 e. The molecule has 1 saturated carbocycles. The Labute approximate surface area is 148 Å². The standard InChI is InChI=1S/C20H26N2O3/c1-14(23)21-12-15-11-20(2)17(21)9-6-10-18(20)22(15)19(24)13-25-16-7-4-3-5-8-16/h3-5,7-8,15,17-18H,6,9-13H2,1-2H3/t15-,17+,18-,20+/m0/s1. The van der Waals surface area contributed by atoms with Gasteiger partial charge in [0.1, 0.15) is 5.75 Å². The molecule has 25 heavy (non-hydrogen) atoms. The van der Waals surface area contributed by atoms with E-state index >= 15 is 0 Å². The quantitative estimate of drug-likeness (QED) is 0.848. The summed E-state index contributed by atoms with van der Waals surface area (Å²) in [4.78, 5) is 29.2.